The molecule has 2 aromatic rings. The van der Waals surface area contributed by atoms with Crippen molar-refractivity contribution in [3.8, 4) is 0 Å². The third kappa shape index (κ3) is 2.80. The summed E-state index contributed by atoms with van der Waals surface area (Å²) in [5.41, 5.74) is 0.620. The first-order chi connectivity index (χ1) is 11.7. The van der Waals surface area contributed by atoms with Crippen LogP contribution < -0.4 is 4.90 Å². The third-order valence-electron chi connectivity index (χ3n) is 4.54. The number of nitrogens with zero attached hydrogens (tertiary/aromatic N) is 5. The van der Waals surface area contributed by atoms with Gasteiger partial charge >= 0.3 is 5.97 Å². The maximum absolute atomic E-state index is 10.8. The predicted octanol–water partition coefficient (Wildman–Crippen LogP) is 0.485. The van der Waals surface area contributed by atoms with E-state index in [9.17, 15) is 4.79 Å². The fourth-order valence-electron chi connectivity index (χ4n) is 3.23. The molecule has 4 rings (SSSR count). The fraction of sp³-hybridized carbons (Fsp3) is 0.600. The van der Waals surface area contributed by atoms with Gasteiger partial charge in [0.2, 0.25) is 0 Å². The van der Waals surface area contributed by atoms with E-state index in [1.165, 1.54) is 0 Å². The van der Waals surface area contributed by atoms with Crippen LogP contribution in [0.3, 0.4) is 0 Å². The summed E-state index contributed by atoms with van der Waals surface area (Å²) in [5.74, 6) is 0.113. The number of carboxylic acids is 1. The summed E-state index contributed by atoms with van der Waals surface area (Å²) in [6, 6.07) is 3.77. The molecule has 9 nitrogen and oxygen atoms in total. The Bertz CT molecular complexity index is 745. The molecular formula is C15H19N5O4. The van der Waals surface area contributed by atoms with Gasteiger partial charge in [-0.25, -0.2) is 0 Å². The van der Waals surface area contributed by atoms with Gasteiger partial charge in [0.1, 0.15) is 5.82 Å². The summed E-state index contributed by atoms with van der Waals surface area (Å²) in [6.45, 7) is 2.92. The lowest BCUT2D eigenvalue weighted by Crippen LogP contribution is -2.45. The van der Waals surface area contributed by atoms with Gasteiger partial charge in [0.05, 0.1) is 19.6 Å². The Kier molecular flexibility index (Phi) is 3.81. The van der Waals surface area contributed by atoms with Gasteiger partial charge in [-0.15, -0.1) is 15.3 Å². The maximum Gasteiger partial charge on any atom is 0.303 e. The van der Waals surface area contributed by atoms with E-state index >= 15 is 0 Å². The molecule has 1 N–H and O–H groups in total. The van der Waals surface area contributed by atoms with Crippen LogP contribution in [0.1, 0.15) is 25.1 Å². The topological polar surface area (TPSA) is 102 Å². The monoisotopic (exact) mass is 333 g/mol. The first-order valence-corrected chi connectivity index (χ1v) is 8.11. The Hall–Kier alpha value is -2.26. The summed E-state index contributed by atoms with van der Waals surface area (Å²) in [4.78, 5) is 12.9. The molecule has 0 atom stereocenters. The Morgan fingerprint density at radius 1 is 1.21 bits per heavy atom. The number of aliphatic carboxylic acids is 1. The molecule has 2 fully saturated rings. The van der Waals surface area contributed by atoms with Crippen molar-refractivity contribution in [1.82, 2.24) is 19.8 Å². The van der Waals surface area contributed by atoms with Crippen LogP contribution in [0.15, 0.2) is 12.1 Å². The zero-order chi connectivity index (χ0) is 16.6. The number of aromatic nitrogens is 4. The van der Waals surface area contributed by atoms with E-state index in [2.05, 4.69) is 20.2 Å². The lowest BCUT2D eigenvalue weighted by atomic mass is 10.0. The lowest BCUT2D eigenvalue weighted by molar-refractivity contribution is -0.169. The van der Waals surface area contributed by atoms with Gasteiger partial charge < -0.3 is 19.5 Å². The Labute approximate surface area is 138 Å². The smallest absolute Gasteiger partial charge is 0.303 e. The predicted molar refractivity (Wildman–Crippen MR) is 82.8 cm³/mol. The van der Waals surface area contributed by atoms with Crippen LogP contribution in [0.25, 0.3) is 5.65 Å². The fourth-order valence-corrected chi connectivity index (χ4v) is 3.23. The number of hydrogen-bond acceptors (Lipinski definition) is 7. The second-order valence-electron chi connectivity index (χ2n) is 6.07. The number of anilines is 1. The summed E-state index contributed by atoms with van der Waals surface area (Å²) in [5, 5.41) is 21.5. The lowest BCUT2D eigenvalue weighted by Gasteiger charge is -2.38. The molecule has 2 aromatic heterocycles. The van der Waals surface area contributed by atoms with Crippen molar-refractivity contribution >= 4 is 17.4 Å². The number of hydrogen-bond donors (Lipinski definition) is 1. The second kappa shape index (κ2) is 5.99. The molecule has 0 aliphatic carbocycles. The van der Waals surface area contributed by atoms with Gasteiger partial charge in [0.15, 0.2) is 17.3 Å². The average molecular weight is 333 g/mol. The van der Waals surface area contributed by atoms with Crippen LogP contribution in [0.4, 0.5) is 5.82 Å². The summed E-state index contributed by atoms with van der Waals surface area (Å²) in [6.07, 6.45) is 1.92. The quantitative estimate of drug-likeness (QED) is 0.862. The van der Waals surface area contributed by atoms with Crippen molar-refractivity contribution in [1.29, 1.82) is 0 Å². The molecule has 1 spiro atoms. The van der Waals surface area contributed by atoms with E-state index in [-0.39, 0.29) is 6.42 Å². The van der Waals surface area contributed by atoms with Crippen molar-refractivity contribution in [3.05, 3.63) is 18.0 Å². The third-order valence-corrected chi connectivity index (χ3v) is 4.54. The molecule has 24 heavy (non-hydrogen) atoms. The number of rotatable bonds is 4. The number of aryl methyl sites for hydroxylation is 1. The standard InChI is InChI=1S/C15H19N5O4/c21-14(22)4-3-12-17-16-11-1-2-13(18-20(11)12)19-7-5-15(6-8-19)23-9-10-24-15/h1-2H,3-10H2,(H,21,22). The highest BCUT2D eigenvalue weighted by molar-refractivity contribution is 5.66. The largest absolute Gasteiger partial charge is 0.481 e. The molecule has 2 aliphatic rings. The first-order valence-electron chi connectivity index (χ1n) is 8.11. The van der Waals surface area contributed by atoms with Gasteiger partial charge in [-0.05, 0) is 12.1 Å². The van der Waals surface area contributed by atoms with E-state index in [4.69, 9.17) is 14.6 Å². The normalized spacial score (nSPS) is 20.1. The number of ether oxygens (including phenoxy) is 2. The van der Waals surface area contributed by atoms with Gasteiger partial charge in [0, 0.05) is 32.4 Å². The SMILES string of the molecule is O=C(O)CCc1nnc2ccc(N3CCC4(CC3)OCCO4)nn12. The van der Waals surface area contributed by atoms with Crippen LogP contribution in [0, 0.1) is 0 Å². The molecule has 0 radical (unpaired) electrons. The van der Waals surface area contributed by atoms with Crippen molar-refractivity contribution in [2.24, 2.45) is 0 Å². The number of piperidine rings is 1. The van der Waals surface area contributed by atoms with Crippen LogP contribution in [-0.4, -0.2) is 63.0 Å². The van der Waals surface area contributed by atoms with Crippen molar-refractivity contribution in [2.45, 2.75) is 31.5 Å². The molecule has 0 unspecified atom stereocenters. The molecule has 9 heteroatoms. The highest BCUT2D eigenvalue weighted by Crippen LogP contribution is 2.32. The van der Waals surface area contributed by atoms with E-state index < -0.39 is 11.8 Å². The molecule has 0 amide bonds. The Balaban J connectivity index is 1.52. The number of carbonyl (C=O) groups is 1. The Morgan fingerprint density at radius 3 is 2.67 bits per heavy atom. The van der Waals surface area contributed by atoms with E-state index in [0.717, 1.165) is 31.7 Å². The van der Waals surface area contributed by atoms with Crippen LogP contribution in [0.2, 0.25) is 0 Å². The summed E-state index contributed by atoms with van der Waals surface area (Å²) in [7, 11) is 0. The molecule has 128 valence electrons. The molecule has 2 aliphatic heterocycles. The molecule has 0 saturated carbocycles. The van der Waals surface area contributed by atoms with Gasteiger partial charge in [-0.1, -0.05) is 0 Å². The van der Waals surface area contributed by atoms with E-state index in [1.807, 2.05) is 12.1 Å². The molecule has 4 heterocycles. The van der Waals surface area contributed by atoms with Crippen LogP contribution in [-0.2, 0) is 20.7 Å². The van der Waals surface area contributed by atoms with E-state index in [1.54, 1.807) is 4.52 Å². The minimum atomic E-state index is -0.860. The van der Waals surface area contributed by atoms with E-state index in [0.29, 0.717) is 31.1 Å². The van der Waals surface area contributed by atoms with Gasteiger partial charge in [-0.2, -0.15) is 4.52 Å². The summed E-state index contributed by atoms with van der Waals surface area (Å²) < 4.78 is 13.1. The van der Waals surface area contributed by atoms with Crippen molar-refractivity contribution in [3.63, 3.8) is 0 Å². The van der Waals surface area contributed by atoms with Crippen LogP contribution in [0.5, 0.6) is 0 Å². The number of fused-ring (bicyclic) bond motifs is 1. The maximum atomic E-state index is 10.8. The summed E-state index contributed by atoms with van der Waals surface area (Å²) >= 11 is 0. The molecule has 0 aromatic carbocycles. The highest BCUT2D eigenvalue weighted by Gasteiger charge is 2.40. The zero-order valence-electron chi connectivity index (χ0n) is 13.2. The zero-order valence-corrected chi connectivity index (χ0v) is 13.2. The Morgan fingerprint density at radius 2 is 1.96 bits per heavy atom. The molecule has 0 bridgehead atoms. The molecular weight excluding hydrogens is 314 g/mol. The van der Waals surface area contributed by atoms with Gasteiger partial charge in [0.25, 0.3) is 0 Å². The molecule has 2 saturated heterocycles. The van der Waals surface area contributed by atoms with Crippen molar-refractivity contribution < 1.29 is 19.4 Å². The van der Waals surface area contributed by atoms with Gasteiger partial charge in [-0.3, -0.25) is 4.79 Å². The minimum Gasteiger partial charge on any atom is -0.481 e. The average Bonchev–Trinajstić information content (AvgIpc) is 3.20. The minimum absolute atomic E-state index is 0.00755. The van der Waals surface area contributed by atoms with Crippen LogP contribution >= 0.6 is 0 Å². The second-order valence-corrected chi connectivity index (χ2v) is 6.07. The highest BCUT2D eigenvalue weighted by atomic mass is 16.7. The van der Waals surface area contributed by atoms with Crippen molar-refractivity contribution in [2.75, 3.05) is 31.2 Å². The number of carboxylic acid groups (broad SMARTS) is 1. The first kappa shape index (κ1) is 15.3.